The van der Waals surface area contributed by atoms with Crippen LogP contribution < -0.4 is 5.73 Å². The molecule has 0 spiro atoms. The molecule has 1 fully saturated rings. The van der Waals surface area contributed by atoms with Crippen LogP contribution in [-0.4, -0.2) is 18.8 Å². The van der Waals surface area contributed by atoms with Crippen LogP contribution in [0.1, 0.15) is 13.3 Å². The maximum Gasteiger partial charge on any atom is 0.0672 e. The van der Waals surface area contributed by atoms with Crippen LogP contribution in [0.2, 0.25) is 0 Å². The minimum atomic E-state index is -0.0775. The Morgan fingerprint density at radius 2 is 2.33 bits per heavy atom. The van der Waals surface area contributed by atoms with Crippen LogP contribution in [-0.2, 0) is 4.74 Å². The molecule has 0 aromatic heterocycles. The smallest absolute Gasteiger partial charge is 0.0672 e. The lowest BCUT2D eigenvalue weighted by Gasteiger charge is -2.37. The highest BCUT2D eigenvalue weighted by atomic mass is 16.5. The molecule has 2 N–H and O–H groups in total. The summed E-state index contributed by atoms with van der Waals surface area (Å²) in [6.07, 6.45) is 0.896. The second-order valence-electron chi connectivity index (χ2n) is 2.99. The molecule has 0 aliphatic carbocycles. The van der Waals surface area contributed by atoms with Crippen LogP contribution in [0.5, 0.6) is 0 Å². The van der Waals surface area contributed by atoms with Gasteiger partial charge in [-0.2, -0.15) is 0 Å². The molecular weight excluding hydrogens is 114 g/mol. The third-order valence-corrected chi connectivity index (χ3v) is 1.43. The number of nitrogens with two attached hydrogens (primary N) is 1. The van der Waals surface area contributed by atoms with Gasteiger partial charge in [0.15, 0.2) is 0 Å². The van der Waals surface area contributed by atoms with Crippen molar-refractivity contribution in [2.45, 2.75) is 18.9 Å². The molecule has 0 amide bonds. The van der Waals surface area contributed by atoms with E-state index in [4.69, 9.17) is 10.5 Å². The van der Waals surface area contributed by atoms with E-state index in [9.17, 15) is 0 Å². The van der Waals surface area contributed by atoms with Crippen molar-refractivity contribution in [1.82, 2.24) is 0 Å². The van der Waals surface area contributed by atoms with E-state index in [1.165, 1.54) is 0 Å². The molecule has 2 heteroatoms. The van der Waals surface area contributed by atoms with Crippen LogP contribution in [0.15, 0.2) is 12.2 Å². The maximum atomic E-state index is 5.82. The zero-order valence-corrected chi connectivity index (χ0v) is 5.81. The lowest BCUT2D eigenvalue weighted by Crippen LogP contribution is -2.57. The quantitative estimate of drug-likeness (QED) is 0.554. The normalized spacial score (nSPS) is 22.9. The Morgan fingerprint density at radius 1 is 1.78 bits per heavy atom. The Kier molecular flexibility index (Phi) is 1.60. The molecule has 0 atom stereocenters. The summed E-state index contributed by atoms with van der Waals surface area (Å²) in [5.74, 6) is 0. The van der Waals surface area contributed by atoms with Gasteiger partial charge in [0.05, 0.1) is 18.8 Å². The van der Waals surface area contributed by atoms with Crippen molar-refractivity contribution in [2.24, 2.45) is 5.73 Å². The van der Waals surface area contributed by atoms with Crippen molar-refractivity contribution in [1.29, 1.82) is 0 Å². The van der Waals surface area contributed by atoms with E-state index in [-0.39, 0.29) is 5.54 Å². The largest absolute Gasteiger partial charge is 0.377 e. The SMILES string of the molecule is C=C(C)CC1(N)COC1. The summed E-state index contributed by atoms with van der Waals surface area (Å²) in [5, 5.41) is 0. The second kappa shape index (κ2) is 2.12. The molecule has 0 radical (unpaired) electrons. The predicted molar refractivity (Wildman–Crippen MR) is 37.2 cm³/mol. The van der Waals surface area contributed by atoms with Gasteiger partial charge in [-0.25, -0.2) is 0 Å². The van der Waals surface area contributed by atoms with E-state index in [1.54, 1.807) is 0 Å². The second-order valence-corrected chi connectivity index (χ2v) is 2.99. The van der Waals surface area contributed by atoms with E-state index in [0.717, 1.165) is 12.0 Å². The molecule has 1 saturated heterocycles. The highest BCUT2D eigenvalue weighted by Crippen LogP contribution is 2.20. The average Bonchev–Trinajstić information content (AvgIpc) is 1.60. The van der Waals surface area contributed by atoms with Gasteiger partial charge in [-0.15, -0.1) is 6.58 Å². The monoisotopic (exact) mass is 127 g/mol. The fourth-order valence-electron chi connectivity index (χ4n) is 1.07. The molecule has 0 bridgehead atoms. The Hall–Kier alpha value is -0.340. The summed E-state index contributed by atoms with van der Waals surface area (Å²) < 4.78 is 4.97. The van der Waals surface area contributed by atoms with E-state index >= 15 is 0 Å². The first-order chi connectivity index (χ1) is 4.12. The first kappa shape index (κ1) is 6.78. The standard InChI is InChI=1S/C7H13NO/c1-6(2)3-7(8)4-9-5-7/h1,3-5,8H2,2H3. The lowest BCUT2D eigenvalue weighted by atomic mass is 9.91. The third-order valence-electron chi connectivity index (χ3n) is 1.43. The topological polar surface area (TPSA) is 35.2 Å². The van der Waals surface area contributed by atoms with Crippen molar-refractivity contribution < 1.29 is 4.74 Å². The van der Waals surface area contributed by atoms with Gasteiger partial charge in [-0.3, -0.25) is 0 Å². The predicted octanol–water partition coefficient (Wildman–Crippen LogP) is 0.680. The van der Waals surface area contributed by atoms with Crippen LogP contribution in [0.25, 0.3) is 0 Å². The molecule has 1 aliphatic heterocycles. The van der Waals surface area contributed by atoms with Gasteiger partial charge in [-0.05, 0) is 13.3 Å². The Labute approximate surface area is 55.7 Å². The minimum absolute atomic E-state index is 0.0775. The summed E-state index contributed by atoms with van der Waals surface area (Å²) in [6.45, 7) is 7.17. The molecule has 1 rings (SSSR count). The summed E-state index contributed by atoms with van der Waals surface area (Å²) in [5.41, 5.74) is 6.88. The Balaban J connectivity index is 2.33. The van der Waals surface area contributed by atoms with E-state index in [1.807, 2.05) is 6.92 Å². The minimum Gasteiger partial charge on any atom is -0.377 e. The van der Waals surface area contributed by atoms with Crippen LogP contribution in [0.4, 0.5) is 0 Å². The summed E-state index contributed by atoms with van der Waals surface area (Å²) in [6, 6.07) is 0. The molecule has 0 aromatic carbocycles. The first-order valence-corrected chi connectivity index (χ1v) is 3.13. The van der Waals surface area contributed by atoms with Gasteiger partial charge in [0.25, 0.3) is 0 Å². The lowest BCUT2D eigenvalue weighted by molar-refractivity contribution is -0.0527. The molecule has 1 aliphatic rings. The van der Waals surface area contributed by atoms with Gasteiger partial charge < -0.3 is 10.5 Å². The average molecular weight is 127 g/mol. The van der Waals surface area contributed by atoms with Crippen molar-refractivity contribution >= 4 is 0 Å². The molecule has 0 aromatic rings. The molecule has 1 heterocycles. The van der Waals surface area contributed by atoms with Crippen molar-refractivity contribution in [3.8, 4) is 0 Å². The number of ether oxygens (including phenoxy) is 1. The van der Waals surface area contributed by atoms with Crippen LogP contribution in [0, 0.1) is 0 Å². The number of rotatable bonds is 2. The summed E-state index contributed by atoms with van der Waals surface area (Å²) in [7, 11) is 0. The first-order valence-electron chi connectivity index (χ1n) is 3.13. The molecule has 0 saturated carbocycles. The van der Waals surface area contributed by atoms with Crippen LogP contribution >= 0.6 is 0 Å². The Bertz CT molecular complexity index is 127. The zero-order chi connectivity index (χ0) is 6.91. The molecule has 9 heavy (non-hydrogen) atoms. The fraction of sp³-hybridized carbons (Fsp3) is 0.714. The highest BCUT2D eigenvalue weighted by Gasteiger charge is 2.33. The van der Waals surface area contributed by atoms with Crippen LogP contribution in [0.3, 0.4) is 0 Å². The van der Waals surface area contributed by atoms with E-state index in [0.29, 0.717) is 13.2 Å². The van der Waals surface area contributed by atoms with Gasteiger partial charge in [-0.1, -0.05) is 5.57 Å². The van der Waals surface area contributed by atoms with Gasteiger partial charge in [0.2, 0.25) is 0 Å². The van der Waals surface area contributed by atoms with Crippen molar-refractivity contribution in [2.75, 3.05) is 13.2 Å². The van der Waals surface area contributed by atoms with E-state index < -0.39 is 0 Å². The number of hydrogen-bond donors (Lipinski definition) is 1. The molecular formula is C7H13NO. The van der Waals surface area contributed by atoms with Crippen molar-refractivity contribution in [3.63, 3.8) is 0 Å². The summed E-state index contributed by atoms with van der Waals surface area (Å²) >= 11 is 0. The van der Waals surface area contributed by atoms with Gasteiger partial charge in [0, 0.05) is 0 Å². The van der Waals surface area contributed by atoms with Crippen molar-refractivity contribution in [3.05, 3.63) is 12.2 Å². The summed E-state index contributed by atoms with van der Waals surface area (Å²) in [4.78, 5) is 0. The molecule has 2 nitrogen and oxygen atoms in total. The van der Waals surface area contributed by atoms with Gasteiger partial charge in [0.1, 0.15) is 0 Å². The maximum absolute atomic E-state index is 5.82. The fourth-order valence-corrected chi connectivity index (χ4v) is 1.07. The molecule has 52 valence electrons. The molecule has 0 unspecified atom stereocenters. The third kappa shape index (κ3) is 1.53. The Morgan fingerprint density at radius 3 is 2.44 bits per heavy atom. The zero-order valence-electron chi connectivity index (χ0n) is 5.81. The number of hydrogen-bond acceptors (Lipinski definition) is 2. The van der Waals surface area contributed by atoms with E-state index in [2.05, 4.69) is 6.58 Å². The highest BCUT2D eigenvalue weighted by molar-refractivity contribution is 5.03. The van der Waals surface area contributed by atoms with Gasteiger partial charge >= 0.3 is 0 Å².